The number of carbonyl (C=O) groups is 2. The molecular weight excluding hydrogens is 473 g/mol. The zero-order valence-electron chi connectivity index (χ0n) is 20.0. The molecule has 0 spiro atoms. The molecule has 36 heavy (non-hydrogen) atoms. The van der Waals surface area contributed by atoms with Crippen LogP contribution in [0.5, 0.6) is 0 Å². The van der Waals surface area contributed by atoms with Gasteiger partial charge in [0.25, 0.3) is 5.91 Å². The maximum absolute atomic E-state index is 15.7. The normalized spacial score (nSPS) is 20.8. The molecule has 4 rings (SSSR count). The summed E-state index contributed by atoms with van der Waals surface area (Å²) in [6.45, 7) is 1.96. The lowest BCUT2D eigenvalue weighted by Gasteiger charge is -2.38. The number of rotatable bonds is 9. The van der Waals surface area contributed by atoms with Gasteiger partial charge in [0.15, 0.2) is 0 Å². The number of nitrogens with one attached hydrogen (secondary N) is 2. The fourth-order valence-corrected chi connectivity index (χ4v) is 4.93. The number of carboxylic acids is 1. The molecule has 0 radical (unpaired) electrons. The highest BCUT2D eigenvalue weighted by Gasteiger charge is 2.35. The van der Waals surface area contributed by atoms with Crippen molar-refractivity contribution < 1.29 is 27.9 Å². The van der Waals surface area contributed by atoms with Gasteiger partial charge in [-0.15, -0.1) is 0 Å². The third-order valence-electron chi connectivity index (χ3n) is 6.85. The van der Waals surface area contributed by atoms with Crippen LogP contribution in [0.1, 0.15) is 53.7 Å². The molecule has 2 aromatic rings. The van der Waals surface area contributed by atoms with Crippen LogP contribution >= 0.6 is 0 Å². The number of pyridine rings is 1. The molecule has 1 fully saturated rings. The van der Waals surface area contributed by atoms with Gasteiger partial charge in [-0.1, -0.05) is 6.07 Å². The molecule has 2 aliphatic heterocycles. The van der Waals surface area contributed by atoms with Crippen LogP contribution in [-0.2, 0) is 17.6 Å². The number of benzene rings is 1. The molecule has 0 bridgehead atoms. The summed E-state index contributed by atoms with van der Waals surface area (Å²) in [5, 5.41) is 15.1. The minimum absolute atomic E-state index is 0.0347. The van der Waals surface area contributed by atoms with Crippen molar-refractivity contribution in [3.05, 3.63) is 58.8 Å². The van der Waals surface area contributed by atoms with E-state index in [2.05, 4.69) is 21.7 Å². The first-order chi connectivity index (χ1) is 17.2. The van der Waals surface area contributed by atoms with Crippen LogP contribution in [0.2, 0.25) is 0 Å². The van der Waals surface area contributed by atoms with E-state index < -0.39 is 35.2 Å². The molecule has 1 saturated heterocycles. The summed E-state index contributed by atoms with van der Waals surface area (Å²) >= 11 is 0. The number of carbonyl (C=O) groups excluding carboxylic acids is 1. The number of carboxylic acid groups (broad SMARTS) is 1. The second-order valence-electron chi connectivity index (χ2n) is 9.68. The summed E-state index contributed by atoms with van der Waals surface area (Å²) < 4.78 is 42.5. The van der Waals surface area contributed by atoms with Crippen molar-refractivity contribution in [2.45, 2.75) is 56.7 Å². The number of hydrogen-bond acceptors (Lipinski definition) is 5. The fraction of sp³-hybridized carbons (Fsp3) is 0.500. The largest absolute Gasteiger partial charge is 0.480 e. The SMILES string of the molecule is O=C(NC(CCN1CCCC(F)(CCc2ccc3c(n2)NCCC3)C1)C(=O)O)c1cc(F)cc(F)c1. The van der Waals surface area contributed by atoms with Crippen molar-refractivity contribution in [1.29, 1.82) is 0 Å². The smallest absolute Gasteiger partial charge is 0.326 e. The standard InChI is InChI=1S/C26H31F3N4O3/c27-19-13-18(14-20(28)15-19)24(34)32-22(25(35)36)7-12-33-11-2-8-26(29,16-33)9-6-21-5-4-17-3-1-10-30-23(17)31-21/h4-5,13-15,22H,1-3,6-12,16H2,(H,30,31)(H,32,34)(H,35,36). The number of aliphatic carboxylic acids is 1. The molecule has 1 amide bonds. The molecule has 0 aliphatic carbocycles. The van der Waals surface area contributed by atoms with E-state index in [1.54, 1.807) is 0 Å². The fourth-order valence-electron chi connectivity index (χ4n) is 4.93. The average molecular weight is 505 g/mol. The van der Waals surface area contributed by atoms with E-state index in [0.717, 1.165) is 43.0 Å². The molecule has 2 atom stereocenters. The number of likely N-dealkylation sites (tertiary alicyclic amines) is 1. The highest BCUT2D eigenvalue weighted by atomic mass is 19.1. The van der Waals surface area contributed by atoms with Gasteiger partial charge in [0, 0.05) is 37.0 Å². The van der Waals surface area contributed by atoms with Crippen molar-refractivity contribution in [2.75, 3.05) is 31.5 Å². The summed E-state index contributed by atoms with van der Waals surface area (Å²) in [5.74, 6) is -3.12. The Labute approximate surface area is 208 Å². The number of aryl methyl sites for hydroxylation is 2. The minimum Gasteiger partial charge on any atom is -0.480 e. The van der Waals surface area contributed by atoms with Crippen molar-refractivity contribution in [3.63, 3.8) is 0 Å². The quantitative estimate of drug-likeness (QED) is 0.482. The zero-order chi connectivity index (χ0) is 25.7. The highest BCUT2D eigenvalue weighted by molar-refractivity contribution is 5.96. The first kappa shape index (κ1) is 25.9. The second-order valence-corrected chi connectivity index (χ2v) is 9.68. The van der Waals surface area contributed by atoms with E-state index in [0.29, 0.717) is 38.3 Å². The van der Waals surface area contributed by atoms with Gasteiger partial charge in [0.2, 0.25) is 0 Å². The van der Waals surface area contributed by atoms with Crippen LogP contribution in [0.25, 0.3) is 0 Å². The Morgan fingerprint density at radius 2 is 1.97 bits per heavy atom. The Morgan fingerprint density at radius 1 is 1.19 bits per heavy atom. The van der Waals surface area contributed by atoms with E-state index in [9.17, 15) is 23.5 Å². The Morgan fingerprint density at radius 3 is 2.72 bits per heavy atom. The molecular formula is C26H31F3N4O3. The van der Waals surface area contributed by atoms with Gasteiger partial charge < -0.3 is 20.6 Å². The van der Waals surface area contributed by atoms with Crippen LogP contribution in [0.4, 0.5) is 19.0 Å². The van der Waals surface area contributed by atoms with Gasteiger partial charge in [-0.25, -0.2) is 22.9 Å². The summed E-state index contributed by atoms with van der Waals surface area (Å²) in [7, 11) is 0. The average Bonchev–Trinajstić information content (AvgIpc) is 2.84. The van der Waals surface area contributed by atoms with E-state index in [-0.39, 0.29) is 25.1 Å². The summed E-state index contributed by atoms with van der Waals surface area (Å²) in [5.41, 5.74) is 0.321. The molecule has 2 unspecified atom stereocenters. The zero-order valence-corrected chi connectivity index (χ0v) is 20.0. The predicted molar refractivity (Wildman–Crippen MR) is 129 cm³/mol. The number of nitrogens with zero attached hydrogens (tertiary/aromatic N) is 2. The lowest BCUT2D eigenvalue weighted by molar-refractivity contribution is -0.139. The van der Waals surface area contributed by atoms with Crippen LogP contribution < -0.4 is 10.6 Å². The monoisotopic (exact) mass is 504 g/mol. The number of aromatic nitrogens is 1. The van der Waals surface area contributed by atoms with E-state index in [1.807, 2.05) is 11.0 Å². The second kappa shape index (κ2) is 11.3. The Balaban J connectivity index is 1.30. The summed E-state index contributed by atoms with van der Waals surface area (Å²) in [4.78, 5) is 30.5. The molecule has 1 aromatic heterocycles. The van der Waals surface area contributed by atoms with E-state index in [1.165, 1.54) is 5.56 Å². The molecule has 194 valence electrons. The van der Waals surface area contributed by atoms with Crippen molar-refractivity contribution in [3.8, 4) is 0 Å². The summed E-state index contributed by atoms with van der Waals surface area (Å²) in [6.07, 6.45) is 4.00. The molecule has 2 aliphatic rings. The van der Waals surface area contributed by atoms with Gasteiger partial charge >= 0.3 is 5.97 Å². The Kier molecular flexibility index (Phi) is 8.13. The molecule has 10 heteroatoms. The Hall–Kier alpha value is -3.14. The third-order valence-corrected chi connectivity index (χ3v) is 6.85. The number of fused-ring (bicyclic) bond motifs is 1. The lowest BCUT2D eigenvalue weighted by atomic mass is 9.89. The number of hydrogen-bond donors (Lipinski definition) is 3. The maximum atomic E-state index is 15.7. The van der Waals surface area contributed by atoms with Crippen molar-refractivity contribution >= 4 is 17.7 Å². The maximum Gasteiger partial charge on any atom is 0.326 e. The molecule has 3 heterocycles. The van der Waals surface area contributed by atoms with Gasteiger partial charge in [-0.05, 0) is 75.3 Å². The topological polar surface area (TPSA) is 94.6 Å². The third kappa shape index (κ3) is 6.75. The number of anilines is 1. The van der Waals surface area contributed by atoms with Crippen LogP contribution in [0.3, 0.4) is 0 Å². The lowest BCUT2D eigenvalue weighted by Crippen LogP contribution is -2.48. The van der Waals surface area contributed by atoms with Crippen LogP contribution in [-0.4, -0.2) is 64.8 Å². The number of alkyl halides is 1. The van der Waals surface area contributed by atoms with E-state index >= 15 is 4.39 Å². The molecule has 0 saturated carbocycles. The minimum atomic E-state index is -1.41. The van der Waals surface area contributed by atoms with Crippen LogP contribution in [0, 0.1) is 11.6 Å². The highest BCUT2D eigenvalue weighted by Crippen LogP contribution is 2.31. The van der Waals surface area contributed by atoms with Crippen molar-refractivity contribution in [2.24, 2.45) is 0 Å². The number of amides is 1. The molecule has 7 nitrogen and oxygen atoms in total. The Bertz CT molecular complexity index is 1100. The van der Waals surface area contributed by atoms with Gasteiger partial charge in [0.05, 0.1) is 0 Å². The molecule has 1 aromatic carbocycles. The van der Waals surface area contributed by atoms with Gasteiger partial charge in [-0.2, -0.15) is 0 Å². The van der Waals surface area contributed by atoms with Crippen molar-refractivity contribution in [1.82, 2.24) is 15.2 Å². The van der Waals surface area contributed by atoms with Gasteiger partial charge in [-0.3, -0.25) is 4.79 Å². The predicted octanol–water partition coefficient (Wildman–Crippen LogP) is 3.73. The van der Waals surface area contributed by atoms with Gasteiger partial charge in [0.1, 0.15) is 29.2 Å². The first-order valence-electron chi connectivity index (χ1n) is 12.3. The number of piperidine rings is 1. The molecule has 3 N–H and O–H groups in total. The summed E-state index contributed by atoms with van der Waals surface area (Å²) in [6, 6.07) is 5.05. The first-order valence-corrected chi connectivity index (χ1v) is 12.3. The van der Waals surface area contributed by atoms with Crippen LogP contribution in [0.15, 0.2) is 30.3 Å². The number of halogens is 3. The van der Waals surface area contributed by atoms with E-state index in [4.69, 9.17) is 0 Å².